The van der Waals surface area contributed by atoms with Gasteiger partial charge in [-0.05, 0) is 38.5 Å². The lowest BCUT2D eigenvalue weighted by Crippen LogP contribution is -2.54. The normalized spacial score (nSPS) is 12.9. The fraction of sp³-hybridized carbons (Fsp3) is 0.794. The van der Waals surface area contributed by atoms with Gasteiger partial charge in [-0.15, -0.1) is 0 Å². The van der Waals surface area contributed by atoms with E-state index in [0.29, 0.717) is 25.8 Å². The fourth-order valence-corrected chi connectivity index (χ4v) is 6.27. The molecule has 0 aromatic heterocycles. The molecule has 0 aliphatic carbocycles. The van der Waals surface area contributed by atoms with Crippen molar-refractivity contribution in [2.24, 2.45) is 0 Å². The van der Waals surface area contributed by atoms with Gasteiger partial charge in [0.1, 0.15) is 23.9 Å². The molecule has 0 saturated carbocycles. The smallest absolute Gasteiger partial charge is 0.326 e. The van der Waals surface area contributed by atoms with Gasteiger partial charge in [-0.1, -0.05) is 93.0 Å². The van der Waals surface area contributed by atoms with E-state index in [-0.39, 0.29) is 30.5 Å². The number of nitrogens with one attached hydrogen (secondary N) is 4. The second-order valence-corrected chi connectivity index (χ2v) is 15.1. The van der Waals surface area contributed by atoms with Crippen molar-refractivity contribution < 1.29 is 61.9 Å². The number of rotatable bonds is 34. The molecule has 0 aromatic rings. The standard InChI is InChI=1S/C34H59BrN4O13S/c35-23-30(42)36-22-16-15-17-25(33(46)47)37-29(41)21-20-26(34(48)49)39-32(45)27(24-53(50,51)52)38-28(40)18-13-11-9-7-5-3-1-2-4-6-8-10-12-14-19-31(43)44/h25-27H,1-24H2,(H,36,42)(H,37,41)(H,38,40)(H,39,45)(H,43,44)(H,46,47)(H,48,49)(H,50,51,52). The van der Waals surface area contributed by atoms with Gasteiger partial charge in [0.2, 0.25) is 23.6 Å². The Labute approximate surface area is 320 Å². The average Bonchev–Trinajstić information content (AvgIpc) is 3.07. The van der Waals surface area contributed by atoms with Gasteiger partial charge in [-0.2, -0.15) is 8.42 Å². The first kappa shape index (κ1) is 49.7. The summed E-state index contributed by atoms with van der Waals surface area (Å²) < 4.78 is 32.5. The highest BCUT2D eigenvalue weighted by Gasteiger charge is 2.30. The molecule has 8 N–H and O–H groups in total. The van der Waals surface area contributed by atoms with Crippen LogP contribution in [0.5, 0.6) is 0 Å². The zero-order chi connectivity index (χ0) is 40.1. The third-order valence-corrected chi connectivity index (χ3v) is 9.61. The lowest BCUT2D eigenvalue weighted by molar-refractivity contribution is -0.143. The van der Waals surface area contributed by atoms with Crippen LogP contribution in [-0.4, -0.2) is 106 Å². The van der Waals surface area contributed by atoms with Crippen molar-refractivity contribution >= 4 is 67.6 Å². The summed E-state index contributed by atoms with van der Waals surface area (Å²) in [4.78, 5) is 83.0. The van der Waals surface area contributed by atoms with Crippen molar-refractivity contribution in [3.63, 3.8) is 0 Å². The van der Waals surface area contributed by atoms with Crippen LogP contribution in [0.25, 0.3) is 0 Å². The summed E-state index contributed by atoms with van der Waals surface area (Å²) >= 11 is 3.00. The van der Waals surface area contributed by atoms with Crippen molar-refractivity contribution in [2.75, 3.05) is 17.6 Å². The van der Waals surface area contributed by atoms with Gasteiger partial charge in [0, 0.05) is 25.8 Å². The average molecular weight is 844 g/mol. The lowest BCUT2D eigenvalue weighted by atomic mass is 10.0. The number of carboxylic acid groups (broad SMARTS) is 3. The van der Waals surface area contributed by atoms with E-state index in [4.69, 9.17) is 5.11 Å². The minimum absolute atomic E-state index is 0.0235. The molecule has 0 heterocycles. The minimum atomic E-state index is -4.77. The maximum Gasteiger partial charge on any atom is 0.326 e. The van der Waals surface area contributed by atoms with E-state index in [2.05, 4.69) is 37.2 Å². The maximum atomic E-state index is 12.9. The van der Waals surface area contributed by atoms with Gasteiger partial charge in [-0.25, -0.2) is 9.59 Å². The molecule has 0 spiro atoms. The van der Waals surface area contributed by atoms with Crippen LogP contribution in [-0.2, 0) is 43.7 Å². The molecule has 0 aromatic carbocycles. The summed E-state index contributed by atoms with van der Waals surface area (Å²) in [6, 6.07) is -4.78. The molecule has 0 radical (unpaired) electrons. The topological polar surface area (TPSA) is 283 Å². The third kappa shape index (κ3) is 29.8. The largest absolute Gasteiger partial charge is 0.481 e. The van der Waals surface area contributed by atoms with Gasteiger partial charge in [0.05, 0.1) is 5.33 Å². The van der Waals surface area contributed by atoms with Crippen LogP contribution in [0.1, 0.15) is 135 Å². The molecule has 19 heteroatoms. The molecule has 0 saturated heterocycles. The molecule has 3 atom stereocenters. The van der Waals surface area contributed by atoms with Crippen molar-refractivity contribution in [2.45, 2.75) is 153 Å². The van der Waals surface area contributed by atoms with E-state index in [0.717, 1.165) is 83.5 Å². The van der Waals surface area contributed by atoms with Crippen molar-refractivity contribution in [3.05, 3.63) is 0 Å². The Hall–Kier alpha value is -3.32. The van der Waals surface area contributed by atoms with Gasteiger partial charge in [-0.3, -0.25) is 28.5 Å². The number of carboxylic acids is 3. The van der Waals surface area contributed by atoms with Gasteiger partial charge in [0.15, 0.2) is 0 Å². The summed E-state index contributed by atoms with van der Waals surface area (Å²) in [7, 11) is -4.77. The first-order valence-corrected chi connectivity index (χ1v) is 21.1. The molecule has 0 aliphatic rings. The highest BCUT2D eigenvalue weighted by Crippen LogP contribution is 2.14. The highest BCUT2D eigenvalue weighted by atomic mass is 79.9. The number of carbonyl (C=O) groups is 7. The second-order valence-electron chi connectivity index (χ2n) is 13.1. The number of amides is 4. The van der Waals surface area contributed by atoms with Crippen LogP contribution < -0.4 is 21.3 Å². The monoisotopic (exact) mass is 842 g/mol. The number of unbranched alkanes of at least 4 members (excludes halogenated alkanes) is 14. The van der Waals surface area contributed by atoms with Crippen molar-refractivity contribution in [3.8, 4) is 0 Å². The van der Waals surface area contributed by atoms with E-state index >= 15 is 0 Å². The van der Waals surface area contributed by atoms with Crippen LogP contribution in [0.2, 0.25) is 0 Å². The minimum Gasteiger partial charge on any atom is -0.481 e. The molecule has 306 valence electrons. The molecule has 53 heavy (non-hydrogen) atoms. The lowest BCUT2D eigenvalue weighted by Gasteiger charge is -2.21. The van der Waals surface area contributed by atoms with Crippen LogP contribution in [0, 0.1) is 0 Å². The first-order valence-electron chi connectivity index (χ1n) is 18.4. The van der Waals surface area contributed by atoms with Crippen molar-refractivity contribution in [1.82, 2.24) is 21.3 Å². The Morgan fingerprint density at radius 3 is 1.40 bits per heavy atom. The number of aliphatic carboxylic acids is 3. The maximum absolute atomic E-state index is 12.9. The predicted molar refractivity (Wildman–Crippen MR) is 199 cm³/mol. The molecule has 3 unspecified atom stereocenters. The van der Waals surface area contributed by atoms with Crippen LogP contribution in [0.3, 0.4) is 0 Å². The quantitative estimate of drug-likeness (QED) is 0.0263. The third-order valence-electron chi connectivity index (χ3n) is 8.34. The zero-order valence-corrected chi connectivity index (χ0v) is 32.9. The summed E-state index contributed by atoms with van der Waals surface area (Å²) in [6.45, 7) is 0.314. The van der Waals surface area contributed by atoms with Gasteiger partial charge < -0.3 is 36.6 Å². The van der Waals surface area contributed by atoms with E-state index in [9.17, 15) is 56.7 Å². The number of alkyl halides is 1. The van der Waals surface area contributed by atoms with Crippen LogP contribution in [0.4, 0.5) is 0 Å². The Morgan fingerprint density at radius 2 is 0.943 bits per heavy atom. The molecule has 0 fully saturated rings. The number of hydrogen-bond acceptors (Lipinski definition) is 9. The molecule has 4 amide bonds. The van der Waals surface area contributed by atoms with Crippen molar-refractivity contribution in [1.29, 1.82) is 0 Å². The SMILES string of the molecule is O=C(O)CCCCCCCCCCCCCCCCC(=O)NC(CS(=O)(=O)O)C(=O)NC(CCC(=O)NC(CCCCNC(=O)CBr)C(=O)O)C(=O)O. The Bertz CT molecular complexity index is 1250. The summed E-state index contributed by atoms with van der Waals surface area (Å²) in [6.07, 6.45) is 13.8. The van der Waals surface area contributed by atoms with E-state index in [1.807, 2.05) is 0 Å². The molecule has 17 nitrogen and oxygen atoms in total. The first-order chi connectivity index (χ1) is 25.0. The Balaban J connectivity index is 4.58. The number of hydrogen-bond donors (Lipinski definition) is 8. The predicted octanol–water partition coefficient (Wildman–Crippen LogP) is 3.29. The van der Waals surface area contributed by atoms with E-state index in [1.165, 1.54) is 0 Å². The van der Waals surface area contributed by atoms with Gasteiger partial charge >= 0.3 is 17.9 Å². The molecule has 0 aliphatic heterocycles. The Morgan fingerprint density at radius 1 is 0.509 bits per heavy atom. The number of halogens is 1. The van der Waals surface area contributed by atoms with Crippen LogP contribution in [0.15, 0.2) is 0 Å². The molecule has 0 rings (SSSR count). The molecule has 0 bridgehead atoms. The fourth-order valence-electron chi connectivity index (χ4n) is 5.42. The highest BCUT2D eigenvalue weighted by molar-refractivity contribution is 9.09. The summed E-state index contributed by atoms with van der Waals surface area (Å²) in [5.74, 6) is -7.72. The molecular formula is C34H59BrN4O13S. The van der Waals surface area contributed by atoms with Crippen LogP contribution >= 0.6 is 15.9 Å². The zero-order valence-electron chi connectivity index (χ0n) is 30.5. The van der Waals surface area contributed by atoms with E-state index < -0.39 is 82.5 Å². The second kappa shape index (κ2) is 30.1. The summed E-state index contributed by atoms with van der Waals surface area (Å²) in [5.41, 5.74) is 0. The molecular weight excluding hydrogens is 784 g/mol. The Kier molecular flexibility index (Phi) is 28.2. The van der Waals surface area contributed by atoms with E-state index in [1.54, 1.807) is 0 Å². The van der Waals surface area contributed by atoms with Gasteiger partial charge in [0.25, 0.3) is 10.1 Å². The summed E-state index contributed by atoms with van der Waals surface area (Å²) in [5, 5.41) is 37.0. The number of carbonyl (C=O) groups excluding carboxylic acids is 4.